The van der Waals surface area contributed by atoms with Crippen molar-refractivity contribution in [3.63, 3.8) is 0 Å². The first-order valence-electron chi connectivity index (χ1n) is 5.47. The first-order chi connectivity index (χ1) is 7.76. The maximum atomic E-state index is 10.9. The highest BCUT2D eigenvalue weighted by molar-refractivity contribution is 7.99. The monoisotopic (exact) mass is 238 g/mol. The van der Waals surface area contributed by atoms with E-state index in [0.717, 1.165) is 18.6 Å². The predicted molar refractivity (Wildman–Crippen MR) is 68.1 cm³/mol. The summed E-state index contributed by atoms with van der Waals surface area (Å²) in [7, 11) is 0. The van der Waals surface area contributed by atoms with Gasteiger partial charge in [-0.3, -0.25) is 10.2 Å². The molecule has 0 atom stereocenters. The quantitative estimate of drug-likeness (QED) is 0.345. The van der Waals surface area contributed by atoms with E-state index in [1.54, 1.807) is 0 Å². The third kappa shape index (κ3) is 4.68. The van der Waals surface area contributed by atoms with Gasteiger partial charge >= 0.3 is 0 Å². The molecule has 0 saturated carbocycles. The van der Waals surface area contributed by atoms with E-state index in [1.165, 1.54) is 10.5 Å². The summed E-state index contributed by atoms with van der Waals surface area (Å²) in [5.41, 5.74) is 3.40. The molecule has 0 spiro atoms. The van der Waals surface area contributed by atoms with Crippen molar-refractivity contribution in [1.29, 1.82) is 0 Å². The van der Waals surface area contributed by atoms with E-state index in [9.17, 15) is 4.79 Å². The predicted octanol–water partition coefficient (Wildman–Crippen LogP) is 2.11. The van der Waals surface area contributed by atoms with Crippen molar-refractivity contribution in [2.24, 2.45) is 5.84 Å². The van der Waals surface area contributed by atoms with Crippen LogP contribution in [0.2, 0.25) is 0 Å². The van der Waals surface area contributed by atoms with Gasteiger partial charge in [0.25, 0.3) is 0 Å². The van der Waals surface area contributed by atoms with E-state index in [2.05, 4.69) is 36.6 Å². The normalized spacial score (nSPS) is 10.1. The lowest BCUT2D eigenvalue weighted by Gasteiger charge is -2.03. The van der Waals surface area contributed by atoms with Gasteiger partial charge in [-0.15, -0.1) is 11.8 Å². The molecule has 1 amide bonds. The Morgan fingerprint density at radius 2 is 2.06 bits per heavy atom. The molecule has 1 rings (SSSR count). The molecule has 3 nitrogen and oxygen atoms in total. The van der Waals surface area contributed by atoms with Crippen LogP contribution in [-0.4, -0.2) is 11.7 Å². The van der Waals surface area contributed by atoms with Crippen LogP contribution in [0, 0.1) is 0 Å². The highest BCUT2D eigenvalue weighted by atomic mass is 32.2. The van der Waals surface area contributed by atoms with Crippen LogP contribution >= 0.6 is 11.8 Å². The van der Waals surface area contributed by atoms with Crippen molar-refractivity contribution in [2.45, 2.75) is 31.1 Å². The molecule has 1 aromatic carbocycles. The SMILES string of the molecule is CCSc1ccc(CCCC(=O)NN)cc1. The third-order valence-electron chi connectivity index (χ3n) is 2.26. The highest BCUT2D eigenvalue weighted by Crippen LogP contribution is 2.18. The molecule has 0 fully saturated rings. The summed E-state index contributed by atoms with van der Waals surface area (Å²) in [4.78, 5) is 12.2. The number of nitrogens with two attached hydrogens (primary N) is 1. The summed E-state index contributed by atoms with van der Waals surface area (Å²) in [6.07, 6.45) is 2.25. The first-order valence-corrected chi connectivity index (χ1v) is 6.46. The summed E-state index contributed by atoms with van der Waals surface area (Å²) in [5, 5.41) is 0. The molecule has 0 radical (unpaired) electrons. The zero-order valence-corrected chi connectivity index (χ0v) is 10.3. The second-order valence-corrected chi connectivity index (χ2v) is 4.84. The van der Waals surface area contributed by atoms with Crippen LogP contribution in [0.15, 0.2) is 29.2 Å². The zero-order valence-electron chi connectivity index (χ0n) is 9.53. The maximum Gasteiger partial charge on any atom is 0.233 e. The molecule has 0 aliphatic heterocycles. The summed E-state index contributed by atoms with van der Waals surface area (Å²) in [5.74, 6) is 6.00. The smallest absolute Gasteiger partial charge is 0.233 e. The summed E-state index contributed by atoms with van der Waals surface area (Å²) >= 11 is 1.84. The fraction of sp³-hybridized carbons (Fsp3) is 0.417. The van der Waals surface area contributed by atoms with Gasteiger partial charge in [0.15, 0.2) is 0 Å². The van der Waals surface area contributed by atoms with Gasteiger partial charge in [-0.05, 0) is 36.3 Å². The van der Waals surface area contributed by atoms with E-state index in [0.29, 0.717) is 6.42 Å². The number of rotatable bonds is 6. The molecule has 0 saturated heterocycles. The van der Waals surface area contributed by atoms with E-state index in [4.69, 9.17) is 5.84 Å². The molecule has 0 unspecified atom stereocenters. The number of carbonyl (C=O) groups is 1. The Morgan fingerprint density at radius 1 is 1.38 bits per heavy atom. The van der Waals surface area contributed by atoms with Gasteiger partial charge in [-0.2, -0.15) is 0 Å². The number of benzene rings is 1. The van der Waals surface area contributed by atoms with Crippen molar-refractivity contribution in [3.05, 3.63) is 29.8 Å². The first kappa shape index (κ1) is 13.1. The summed E-state index contributed by atoms with van der Waals surface area (Å²) in [6, 6.07) is 8.51. The zero-order chi connectivity index (χ0) is 11.8. The lowest BCUT2D eigenvalue weighted by Crippen LogP contribution is -2.29. The number of thioether (sulfide) groups is 1. The second-order valence-electron chi connectivity index (χ2n) is 3.50. The van der Waals surface area contributed by atoms with Crippen LogP contribution in [0.25, 0.3) is 0 Å². The van der Waals surface area contributed by atoms with Gasteiger partial charge in [0, 0.05) is 11.3 Å². The summed E-state index contributed by atoms with van der Waals surface area (Å²) < 4.78 is 0. The molecular weight excluding hydrogens is 220 g/mol. The van der Waals surface area contributed by atoms with Gasteiger partial charge in [-0.25, -0.2) is 5.84 Å². The Kier molecular flexibility index (Phi) is 5.96. The summed E-state index contributed by atoms with van der Waals surface area (Å²) in [6.45, 7) is 2.14. The fourth-order valence-corrected chi connectivity index (χ4v) is 2.11. The molecule has 0 aliphatic carbocycles. The minimum atomic E-state index is -0.0989. The van der Waals surface area contributed by atoms with Crippen LogP contribution in [0.1, 0.15) is 25.3 Å². The van der Waals surface area contributed by atoms with Crippen molar-refractivity contribution < 1.29 is 4.79 Å². The fourth-order valence-electron chi connectivity index (χ4n) is 1.44. The van der Waals surface area contributed by atoms with Crippen LogP contribution in [0.3, 0.4) is 0 Å². The van der Waals surface area contributed by atoms with Gasteiger partial charge in [0.05, 0.1) is 0 Å². The molecule has 0 aliphatic rings. The number of hydrogen-bond donors (Lipinski definition) is 2. The van der Waals surface area contributed by atoms with Gasteiger partial charge < -0.3 is 0 Å². The van der Waals surface area contributed by atoms with E-state index < -0.39 is 0 Å². The lowest BCUT2D eigenvalue weighted by molar-refractivity contribution is -0.121. The lowest BCUT2D eigenvalue weighted by atomic mass is 10.1. The van der Waals surface area contributed by atoms with Crippen molar-refractivity contribution in [1.82, 2.24) is 5.43 Å². The van der Waals surface area contributed by atoms with Crippen LogP contribution < -0.4 is 11.3 Å². The molecule has 4 heteroatoms. The van der Waals surface area contributed by atoms with Crippen LogP contribution in [-0.2, 0) is 11.2 Å². The Morgan fingerprint density at radius 3 is 2.62 bits per heavy atom. The number of aryl methyl sites for hydroxylation is 1. The average molecular weight is 238 g/mol. The number of hydrazine groups is 1. The Balaban J connectivity index is 2.34. The molecule has 16 heavy (non-hydrogen) atoms. The molecule has 0 bridgehead atoms. The van der Waals surface area contributed by atoms with Crippen molar-refractivity contribution in [2.75, 3.05) is 5.75 Å². The molecule has 1 aromatic rings. The van der Waals surface area contributed by atoms with Gasteiger partial charge in [0.1, 0.15) is 0 Å². The molecule has 0 heterocycles. The van der Waals surface area contributed by atoms with Crippen molar-refractivity contribution in [3.8, 4) is 0 Å². The van der Waals surface area contributed by atoms with Crippen LogP contribution in [0.5, 0.6) is 0 Å². The van der Waals surface area contributed by atoms with Crippen molar-refractivity contribution >= 4 is 17.7 Å². The van der Waals surface area contributed by atoms with Gasteiger partial charge in [-0.1, -0.05) is 19.1 Å². The van der Waals surface area contributed by atoms with E-state index in [1.807, 2.05) is 11.8 Å². The topological polar surface area (TPSA) is 55.1 Å². The van der Waals surface area contributed by atoms with E-state index >= 15 is 0 Å². The molecule has 88 valence electrons. The van der Waals surface area contributed by atoms with Gasteiger partial charge in [0.2, 0.25) is 5.91 Å². The number of nitrogens with one attached hydrogen (secondary N) is 1. The molecular formula is C12H18N2OS. The Bertz CT molecular complexity index is 324. The number of hydrogen-bond acceptors (Lipinski definition) is 3. The van der Waals surface area contributed by atoms with Crippen LogP contribution in [0.4, 0.5) is 0 Å². The molecule has 0 aromatic heterocycles. The highest BCUT2D eigenvalue weighted by Gasteiger charge is 1.99. The Labute approximate surface area is 101 Å². The largest absolute Gasteiger partial charge is 0.294 e. The number of carbonyl (C=O) groups excluding carboxylic acids is 1. The average Bonchev–Trinajstić information content (AvgIpc) is 2.31. The Hall–Kier alpha value is -1.00. The molecule has 3 N–H and O–H groups in total. The minimum absolute atomic E-state index is 0.0989. The minimum Gasteiger partial charge on any atom is -0.294 e. The van der Waals surface area contributed by atoms with E-state index in [-0.39, 0.29) is 5.91 Å². The standard InChI is InChI=1S/C12H18N2OS/c1-2-16-11-8-6-10(7-9-11)4-3-5-12(15)14-13/h6-9H,2-5,13H2,1H3,(H,14,15). The third-order valence-corrected chi connectivity index (χ3v) is 3.16. The number of amides is 1. The maximum absolute atomic E-state index is 10.9. The second kappa shape index (κ2) is 7.30.